The highest BCUT2D eigenvalue weighted by Crippen LogP contribution is 2.22. The van der Waals surface area contributed by atoms with Gasteiger partial charge in [0.1, 0.15) is 5.75 Å². The molecule has 106 valence electrons. The van der Waals surface area contributed by atoms with Crippen LogP contribution in [0.3, 0.4) is 0 Å². The van der Waals surface area contributed by atoms with E-state index in [0.717, 1.165) is 10.6 Å². The number of ether oxygens (including phenoxy) is 1. The quantitative estimate of drug-likeness (QED) is 0.938. The second-order valence-corrected chi connectivity index (χ2v) is 5.22. The Labute approximate surface area is 118 Å². The van der Waals surface area contributed by atoms with Crippen molar-refractivity contribution >= 4 is 22.4 Å². The first-order valence-corrected chi connectivity index (χ1v) is 6.57. The second kappa shape index (κ2) is 5.96. The number of thiazole rings is 1. The maximum absolute atomic E-state index is 12.1. The maximum Gasteiger partial charge on any atom is 0.387 e. The normalized spacial score (nSPS) is 10.7. The zero-order chi connectivity index (χ0) is 14.7. The number of carbonyl (C=O) groups is 1. The van der Waals surface area contributed by atoms with E-state index in [1.807, 2.05) is 13.8 Å². The zero-order valence-corrected chi connectivity index (χ0v) is 11.6. The van der Waals surface area contributed by atoms with E-state index in [-0.39, 0.29) is 11.3 Å². The van der Waals surface area contributed by atoms with Gasteiger partial charge in [0.25, 0.3) is 5.91 Å². The Balaban J connectivity index is 2.12. The third-order valence-corrected chi connectivity index (χ3v) is 3.56. The molecule has 20 heavy (non-hydrogen) atoms. The molecule has 0 saturated carbocycles. The SMILES string of the molecule is Cc1nc(NC(=O)c2cccc(OC(F)F)c2)sc1C. The molecule has 0 aliphatic heterocycles. The molecule has 1 heterocycles. The van der Waals surface area contributed by atoms with Crippen LogP contribution in [0.2, 0.25) is 0 Å². The number of benzene rings is 1. The predicted octanol–water partition coefficient (Wildman–Crippen LogP) is 3.61. The maximum atomic E-state index is 12.1. The molecule has 0 aliphatic carbocycles. The molecule has 0 aliphatic rings. The van der Waals surface area contributed by atoms with Gasteiger partial charge in [0, 0.05) is 10.4 Å². The molecule has 7 heteroatoms. The van der Waals surface area contributed by atoms with Gasteiger partial charge < -0.3 is 4.74 Å². The van der Waals surface area contributed by atoms with Crippen LogP contribution in [0.5, 0.6) is 5.75 Å². The summed E-state index contributed by atoms with van der Waals surface area (Å²) in [5.74, 6) is -0.474. The van der Waals surface area contributed by atoms with Crippen molar-refractivity contribution in [2.45, 2.75) is 20.5 Å². The number of carbonyl (C=O) groups excluding carboxylic acids is 1. The van der Waals surface area contributed by atoms with Gasteiger partial charge >= 0.3 is 6.61 Å². The van der Waals surface area contributed by atoms with E-state index < -0.39 is 12.5 Å². The van der Waals surface area contributed by atoms with Crippen LogP contribution in [0, 0.1) is 13.8 Å². The smallest absolute Gasteiger partial charge is 0.387 e. The van der Waals surface area contributed by atoms with Gasteiger partial charge in [-0.05, 0) is 32.0 Å². The minimum absolute atomic E-state index is 0.0563. The van der Waals surface area contributed by atoms with Gasteiger partial charge in [0.2, 0.25) is 0 Å². The summed E-state index contributed by atoms with van der Waals surface area (Å²) in [4.78, 5) is 17.2. The van der Waals surface area contributed by atoms with E-state index in [0.29, 0.717) is 5.13 Å². The largest absolute Gasteiger partial charge is 0.435 e. The van der Waals surface area contributed by atoms with Crippen molar-refractivity contribution in [3.8, 4) is 5.75 Å². The van der Waals surface area contributed by atoms with Crippen molar-refractivity contribution in [2.75, 3.05) is 5.32 Å². The minimum Gasteiger partial charge on any atom is -0.435 e. The number of nitrogens with zero attached hydrogens (tertiary/aromatic N) is 1. The molecule has 0 bridgehead atoms. The monoisotopic (exact) mass is 298 g/mol. The number of nitrogens with one attached hydrogen (secondary N) is 1. The van der Waals surface area contributed by atoms with Crippen LogP contribution in [-0.4, -0.2) is 17.5 Å². The number of aromatic nitrogens is 1. The standard InChI is InChI=1S/C13H12F2N2O2S/c1-7-8(2)20-13(16-7)17-11(18)9-4-3-5-10(6-9)19-12(14)15/h3-6,12H,1-2H3,(H,16,17,18). The Kier molecular flexibility index (Phi) is 4.29. The summed E-state index contributed by atoms with van der Waals surface area (Å²) >= 11 is 1.36. The molecule has 2 aromatic rings. The highest BCUT2D eigenvalue weighted by Gasteiger charge is 2.12. The van der Waals surface area contributed by atoms with Crippen molar-refractivity contribution in [1.29, 1.82) is 0 Å². The third kappa shape index (κ3) is 3.51. The molecule has 1 amide bonds. The molecule has 0 spiro atoms. The molecule has 1 aromatic heterocycles. The van der Waals surface area contributed by atoms with Crippen molar-refractivity contribution in [3.63, 3.8) is 0 Å². The van der Waals surface area contributed by atoms with E-state index in [9.17, 15) is 13.6 Å². The molecule has 4 nitrogen and oxygen atoms in total. The Bertz CT molecular complexity index is 609. The van der Waals surface area contributed by atoms with Crippen LogP contribution in [0.4, 0.5) is 13.9 Å². The zero-order valence-electron chi connectivity index (χ0n) is 10.8. The fourth-order valence-corrected chi connectivity index (χ4v) is 2.32. The molecule has 2 rings (SSSR count). The highest BCUT2D eigenvalue weighted by atomic mass is 32.1. The Morgan fingerprint density at radius 3 is 2.75 bits per heavy atom. The third-order valence-electron chi connectivity index (χ3n) is 2.57. The lowest BCUT2D eigenvalue weighted by molar-refractivity contribution is -0.0498. The van der Waals surface area contributed by atoms with Gasteiger partial charge in [-0.1, -0.05) is 6.07 Å². The van der Waals surface area contributed by atoms with E-state index >= 15 is 0 Å². The van der Waals surface area contributed by atoms with Crippen molar-refractivity contribution in [3.05, 3.63) is 40.4 Å². The van der Waals surface area contributed by atoms with Gasteiger partial charge in [-0.3, -0.25) is 10.1 Å². The van der Waals surface area contributed by atoms with Crippen LogP contribution in [0.1, 0.15) is 20.9 Å². The lowest BCUT2D eigenvalue weighted by Gasteiger charge is -2.06. The van der Waals surface area contributed by atoms with E-state index in [2.05, 4.69) is 15.0 Å². The molecular formula is C13H12F2N2O2S. The van der Waals surface area contributed by atoms with Crippen LogP contribution in [-0.2, 0) is 0 Å². The number of anilines is 1. The number of aryl methyl sites for hydroxylation is 2. The average molecular weight is 298 g/mol. The summed E-state index contributed by atoms with van der Waals surface area (Å²) in [5.41, 5.74) is 1.08. The first-order chi connectivity index (χ1) is 9.45. The lowest BCUT2D eigenvalue weighted by Crippen LogP contribution is -2.12. The van der Waals surface area contributed by atoms with Crippen LogP contribution >= 0.6 is 11.3 Å². The summed E-state index contributed by atoms with van der Waals surface area (Å²) < 4.78 is 28.5. The van der Waals surface area contributed by atoms with E-state index in [1.165, 1.54) is 35.6 Å². The molecule has 1 N–H and O–H groups in total. The first-order valence-electron chi connectivity index (χ1n) is 5.76. The Morgan fingerprint density at radius 2 is 2.15 bits per heavy atom. The predicted molar refractivity (Wildman–Crippen MR) is 72.6 cm³/mol. The number of alkyl halides is 2. The van der Waals surface area contributed by atoms with Crippen molar-refractivity contribution in [2.24, 2.45) is 0 Å². The van der Waals surface area contributed by atoms with Gasteiger partial charge in [-0.15, -0.1) is 11.3 Å². The van der Waals surface area contributed by atoms with Crippen molar-refractivity contribution in [1.82, 2.24) is 4.98 Å². The first kappa shape index (κ1) is 14.4. The fraction of sp³-hybridized carbons (Fsp3) is 0.231. The Morgan fingerprint density at radius 1 is 1.40 bits per heavy atom. The molecule has 0 atom stereocenters. The second-order valence-electron chi connectivity index (χ2n) is 4.02. The molecule has 0 radical (unpaired) electrons. The highest BCUT2D eigenvalue weighted by molar-refractivity contribution is 7.15. The fourth-order valence-electron chi connectivity index (χ4n) is 1.51. The lowest BCUT2D eigenvalue weighted by atomic mass is 10.2. The minimum atomic E-state index is -2.92. The average Bonchev–Trinajstić information content (AvgIpc) is 2.67. The van der Waals surface area contributed by atoms with Crippen LogP contribution < -0.4 is 10.1 Å². The Hall–Kier alpha value is -2.02. The molecule has 0 fully saturated rings. The summed E-state index contributed by atoms with van der Waals surface area (Å²) in [6, 6.07) is 5.61. The van der Waals surface area contributed by atoms with Crippen LogP contribution in [0.25, 0.3) is 0 Å². The number of amides is 1. The number of halogens is 2. The van der Waals surface area contributed by atoms with E-state index in [4.69, 9.17) is 0 Å². The summed E-state index contributed by atoms with van der Waals surface area (Å²) in [6.45, 7) is 0.829. The van der Waals surface area contributed by atoms with Gasteiger partial charge in [0.05, 0.1) is 5.69 Å². The summed E-state index contributed by atoms with van der Waals surface area (Å²) in [6.07, 6.45) is 0. The van der Waals surface area contributed by atoms with Crippen LogP contribution in [0.15, 0.2) is 24.3 Å². The van der Waals surface area contributed by atoms with Crippen molar-refractivity contribution < 1.29 is 18.3 Å². The topological polar surface area (TPSA) is 51.2 Å². The molecule has 0 unspecified atom stereocenters. The van der Waals surface area contributed by atoms with Gasteiger partial charge in [-0.25, -0.2) is 4.98 Å². The number of rotatable bonds is 4. The summed E-state index contributed by atoms with van der Waals surface area (Å²) in [5, 5.41) is 3.10. The summed E-state index contributed by atoms with van der Waals surface area (Å²) in [7, 11) is 0. The number of hydrogen-bond acceptors (Lipinski definition) is 4. The van der Waals surface area contributed by atoms with Gasteiger partial charge in [0.15, 0.2) is 5.13 Å². The molecular weight excluding hydrogens is 286 g/mol. The van der Waals surface area contributed by atoms with E-state index in [1.54, 1.807) is 0 Å². The number of hydrogen-bond donors (Lipinski definition) is 1. The van der Waals surface area contributed by atoms with Gasteiger partial charge in [-0.2, -0.15) is 8.78 Å². The molecule has 1 aromatic carbocycles. The molecule has 0 saturated heterocycles.